The Balaban J connectivity index is 3.22. The third kappa shape index (κ3) is 0.850. The van der Waals surface area contributed by atoms with Gasteiger partial charge in [-0.25, -0.2) is 4.39 Å². The third-order valence-corrected chi connectivity index (χ3v) is 2.25. The quantitative estimate of drug-likeness (QED) is 0.412. The summed E-state index contributed by atoms with van der Waals surface area (Å²) in [6.45, 7) is 3.28. The number of alkyl halides is 3. The Bertz CT molecular complexity index is 223. The van der Waals surface area contributed by atoms with Crippen LogP contribution in [0.2, 0.25) is 0 Å². The van der Waals surface area contributed by atoms with Gasteiger partial charge in [0.2, 0.25) is 17.4 Å². The van der Waals surface area contributed by atoms with Crippen molar-refractivity contribution >= 4 is 5.71 Å². The molecule has 2 nitrogen and oxygen atoms in total. The van der Waals surface area contributed by atoms with Gasteiger partial charge in [-0.05, 0) is 0 Å². The van der Waals surface area contributed by atoms with Gasteiger partial charge >= 0.3 is 5.92 Å². The molecule has 1 unspecified atom stereocenters. The van der Waals surface area contributed by atoms with Gasteiger partial charge in [0.15, 0.2) is 0 Å². The summed E-state index contributed by atoms with van der Waals surface area (Å²) in [5.41, 5.74) is -2.41. The number of rotatable bonds is 0. The molecule has 70 valence electrons. The van der Waals surface area contributed by atoms with Gasteiger partial charge in [-0.3, -0.25) is 0 Å². The predicted octanol–water partition coefficient (Wildman–Crippen LogP) is 1.72. The predicted molar refractivity (Wildman–Crippen MR) is 38.2 cm³/mol. The lowest BCUT2D eigenvalue weighted by atomic mass is 9.97. The fraction of sp³-hybridized carbons (Fsp3) is 0.857. The number of hydrogen-bond acceptors (Lipinski definition) is 1. The first-order valence-corrected chi connectivity index (χ1v) is 3.55. The average molecular weight is 181 g/mol. The molecule has 12 heavy (non-hydrogen) atoms. The van der Waals surface area contributed by atoms with Crippen LogP contribution in [0.25, 0.3) is 0 Å². The molecule has 1 rings (SSSR count). The number of halogens is 3. The molecule has 1 aliphatic rings. The van der Waals surface area contributed by atoms with Crippen LogP contribution < -0.4 is 0 Å². The largest absolute Gasteiger partial charge is 0.623 e. The van der Waals surface area contributed by atoms with Crippen LogP contribution in [-0.2, 0) is 0 Å². The van der Waals surface area contributed by atoms with E-state index in [4.69, 9.17) is 0 Å². The van der Waals surface area contributed by atoms with Crippen molar-refractivity contribution in [2.24, 2.45) is 0 Å². The second-order valence-corrected chi connectivity index (χ2v) is 3.52. The smallest absolute Gasteiger partial charge is 0.363 e. The molecule has 0 N–H and O–H groups in total. The molecule has 0 radical (unpaired) electrons. The maximum absolute atomic E-state index is 13.0. The lowest BCUT2D eigenvalue weighted by molar-refractivity contribution is -0.538. The number of hydroxylamine groups is 1. The second kappa shape index (κ2) is 2.14. The van der Waals surface area contributed by atoms with Gasteiger partial charge in [0.05, 0.1) is 0 Å². The summed E-state index contributed by atoms with van der Waals surface area (Å²) in [6, 6.07) is 0. The van der Waals surface area contributed by atoms with Gasteiger partial charge in [-0.15, -0.1) is 0 Å². The fourth-order valence-corrected chi connectivity index (χ4v) is 1.30. The zero-order valence-corrected chi connectivity index (χ0v) is 7.07. The van der Waals surface area contributed by atoms with Gasteiger partial charge in [0.1, 0.15) is 0 Å². The molecular formula is C7H10F3NO. The maximum Gasteiger partial charge on any atom is 0.363 e. The van der Waals surface area contributed by atoms with Crippen LogP contribution in [-0.4, -0.2) is 28.1 Å². The first kappa shape index (κ1) is 9.35. The summed E-state index contributed by atoms with van der Waals surface area (Å²) in [4.78, 5) is 0. The highest BCUT2D eigenvalue weighted by molar-refractivity contribution is 5.87. The number of hydrogen-bond donors (Lipinski definition) is 0. The molecule has 0 saturated heterocycles. The fourth-order valence-electron chi connectivity index (χ4n) is 1.30. The molecule has 0 aromatic rings. The Hall–Kier alpha value is -0.740. The van der Waals surface area contributed by atoms with Crippen LogP contribution >= 0.6 is 0 Å². The van der Waals surface area contributed by atoms with Gasteiger partial charge in [-0.1, -0.05) is 0 Å². The van der Waals surface area contributed by atoms with Crippen LogP contribution in [0.3, 0.4) is 0 Å². The minimum Gasteiger partial charge on any atom is -0.623 e. The van der Waals surface area contributed by atoms with Gasteiger partial charge in [0, 0.05) is 20.8 Å². The van der Waals surface area contributed by atoms with Crippen molar-refractivity contribution in [3.8, 4) is 0 Å². The van der Waals surface area contributed by atoms with Crippen LogP contribution in [0.15, 0.2) is 0 Å². The summed E-state index contributed by atoms with van der Waals surface area (Å²) >= 11 is 0. The number of nitrogens with zero attached hydrogens (tertiary/aromatic N) is 1. The third-order valence-electron chi connectivity index (χ3n) is 2.25. The summed E-state index contributed by atoms with van der Waals surface area (Å²) in [6.07, 6.45) is -2.43. The van der Waals surface area contributed by atoms with Crippen LogP contribution in [0.1, 0.15) is 20.8 Å². The van der Waals surface area contributed by atoms with Crippen LogP contribution in [0.5, 0.6) is 0 Å². The Morgan fingerprint density at radius 3 is 1.92 bits per heavy atom. The van der Waals surface area contributed by atoms with Crippen LogP contribution in [0, 0.1) is 5.21 Å². The molecule has 0 aromatic carbocycles. The molecule has 0 aliphatic carbocycles. The van der Waals surface area contributed by atoms with Crippen molar-refractivity contribution in [3.05, 3.63) is 5.21 Å². The summed E-state index contributed by atoms with van der Waals surface area (Å²) in [5, 5.41) is 11.0. The van der Waals surface area contributed by atoms with E-state index in [0.717, 1.165) is 20.8 Å². The van der Waals surface area contributed by atoms with E-state index in [1.165, 1.54) is 0 Å². The normalized spacial score (nSPS) is 32.7. The molecule has 0 amide bonds. The first-order valence-electron chi connectivity index (χ1n) is 3.55. The van der Waals surface area contributed by atoms with E-state index in [1.54, 1.807) is 0 Å². The van der Waals surface area contributed by atoms with Gasteiger partial charge in [-0.2, -0.15) is 13.5 Å². The monoisotopic (exact) mass is 181 g/mol. The van der Waals surface area contributed by atoms with Gasteiger partial charge in [0.25, 0.3) is 0 Å². The summed E-state index contributed by atoms with van der Waals surface area (Å²) in [7, 11) is 0. The lowest BCUT2D eigenvalue weighted by Gasteiger charge is -2.20. The minimum absolute atomic E-state index is 0.0532. The molecule has 0 bridgehead atoms. The highest BCUT2D eigenvalue weighted by Crippen LogP contribution is 2.38. The van der Waals surface area contributed by atoms with E-state index in [9.17, 15) is 18.4 Å². The minimum atomic E-state index is -3.62. The Morgan fingerprint density at radius 2 is 1.83 bits per heavy atom. The Kier molecular flexibility index (Phi) is 1.67. The molecule has 5 heteroatoms. The molecule has 1 aliphatic heterocycles. The van der Waals surface area contributed by atoms with E-state index in [0.29, 0.717) is 0 Å². The zero-order chi connectivity index (χ0) is 9.73. The van der Waals surface area contributed by atoms with E-state index in [2.05, 4.69) is 0 Å². The van der Waals surface area contributed by atoms with E-state index >= 15 is 0 Å². The average Bonchev–Trinajstić information content (AvgIpc) is 2.06. The maximum atomic E-state index is 13.0. The van der Waals surface area contributed by atoms with Crippen molar-refractivity contribution in [2.45, 2.75) is 38.4 Å². The van der Waals surface area contributed by atoms with E-state index < -0.39 is 23.3 Å². The van der Waals surface area contributed by atoms with Crippen molar-refractivity contribution < 1.29 is 17.9 Å². The van der Waals surface area contributed by atoms with E-state index in [-0.39, 0.29) is 4.74 Å². The zero-order valence-electron chi connectivity index (χ0n) is 7.07. The molecule has 0 spiro atoms. The van der Waals surface area contributed by atoms with Crippen LogP contribution in [0.4, 0.5) is 13.2 Å². The SMILES string of the molecule is CC1=[N+]([O-])C(C)(C)C(F)C1(F)F. The van der Waals surface area contributed by atoms with Crippen molar-refractivity contribution in [1.82, 2.24) is 0 Å². The van der Waals surface area contributed by atoms with E-state index in [1.807, 2.05) is 0 Å². The highest BCUT2D eigenvalue weighted by Gasteiger charge is 2.65. The molecular weight excluding hydrogens is 171 g/mol. The van der Waals surface area contributed by atoms with Crippen molar-refractivity contribution in [2.75, 3.05) is 0 Å². The molecule has 1 atom stereocenters. The second-order valence-electron chi connectivity index (χ2n) is 3.52. The topological polar surface area (TPSA) is 26.1 Å². The standard InChI is InChI=1S/C7H10F3NO/c1-4-7(9,10)5(8)6(2,3)11(4)12/h5H,1-3H3. The summed E-state index contributed by atoms with van der Waals surface area (Å²) in [5.74, 6) is -3.62. The molecule has 0 fully saturated rings. The molecule has 1 heterocycles. The molecule has 0 saturated carbocycles. The highest BCUT2D eigenvalue weighted by atomic mass is 19.3. The lowest BCUT2D eigenvalue weighted by Crippen LogP contribution is -2.43. The van der Waals surface area contributed by atoms with Crippen molar-refractivity contribution in [3.63, 3.8) is 0 Å². The summed E-state index contributed by atoms with van der Waals surface area (Å²) < 4.78 is 38.7. The molecule has 0 aromatic heterocycles. The Morgan fingerprint density at radius 1 is 1.42 bits per heavy atom. The van der Waals surface area contributed by atoms with Crippen molar-refractivity contribution in [1.29, 1.82) is 0 Å². The Labute approximate surface area is 68.3 Å². The van der Waals surface area contributed by atoms with Gasteiger partial charge < -0.3 is 5.21 Å². The first-order chi connectivity index (χ1) is 5.22.